The Hall–Kier alpha value is -3.72. The minimum Gasteiger partial charge on any atom is -0.481 e. The van der Waals surface area contributed by atoms with Crippen molar-refractivity contribution >= 4 is 17.7 Å². The summed E-state index contributed by atoms with van der Waals surface area (Å²) in [5, 5.41) is 12.4. The smallest absolute Gasteiger partial charge is 0.305 e. The van der Waals surface area contributed by atoms with Crippen LogP contribution in [0.5, 0.6) is 0 Å². The molecule has 2 aromatic rings. The van der Waals surface area contributed by atoms with Gasteiger partial charge in [0.05, 0.1) is 24.3 Å². The number of hydrogen-bond acceptors (Lipinski definition) is 4. The number of carbonyl (C=O) groups excluding carboxylic acids is 2. The maximum atomic E-state index is 15.3. The maximum Gasteiger partial charge on any atom is 0.305 e. The monoisotopic (exact) mass is 596 g/mol. The van der Waals surface area contributed by atoms with Crippen LogP contribution >= 0.6 is 0 Å². The van der Waals surface area contributed by atoms with E-state index in [1.165, 1.54) is 12.1 Å². The van der Waals surface area contributed by atoms with E-state index in [0.717, 1.165) is 22.8 Å². The predicted octanol–water partition coefficient (Wildman–Crippen LogP) is 6.27. The molecule has 0 aromatic heterocycles. The quantitative estimate of drug-likeness (QED) is 0.320. The van der Waals surface area contributed by atoms with Crippen molar-refractivity contribution in [3.63, 3.8) is 0 Å². The fourth-order valence-corrected chi connectivity index (χ4v) is 6.17. The number of benzene rings is 2. The molecule has 1 saturated heterocycles. The van der Waals surface area contributed by atoms with E-state index in [2.05, 4.69) is 5.32 Å². The van der Waals surface area contributed by atoms with Gasteiger partial charge >= 0.3 is 5.97 Å². The lowest BCUT2D eigenvalue weighted by atomic mass is 9.78. The third kappa shape index (κ3) is 7.82. The van der Waals surface area contributed by atoms with Crippen LogP contribution in [0.1, 0.15) is 55.8 Å². The zero-order valence-electron chi connectivity index (χ0n) is 25.0. The van der Waals surface area contributed by atoms with E-state index in [4.69, 9.17) is 0 Å². The SMILES string of the molecule is Cc1cccc(C)c1-c1cc(F)c(F)c([C@H](CC(=O)O)NC(=O)C(CC(C)C)C2C=C(CN3CC[C@@H](F)C3)C=CC2=O)c1. The number of allylic oxidation sites excluding steroid dienone is 2. The Balaban J connectivity index is 1.67. The number of aryl methyl sites for hydroxylation is 2. The number of carboxylic acids is 1. The number of aliphatic carboxylic acids is 1. The van der Waals surface area contributed by atoms with Crippen LogP contribution in [-0.4, -0.2) is 53.5 Å². The van der Waals surface area contributed by atoms with Crippen molar-refractivity contribution in [1.82, 2.24) is 10.2 Å². The molecule has 1 fully saturated rings. The van der Waals surface area contributed by atoms with Gasteiger partial charge in [0.15, 0.2) is 17.4 Å². The molecule has 0 spiro atoms. The standard InChI is InChI=1S/C34H39F3N2O4/c1-19(2)12-26(25-13-22(8-9-30(25)40)17-39-11-10-24(35)18-39)34(43)38-29(16-31(41)42)27-14-23(15-28(36)33(27)37)32-20(3)6-5-7-21(32)4/h5-9,13-15,19,24-26,29H,10-12,16-18H2,1-4H3,(H,38,43)(H,41,42)/t24-,25?,26?,29+/m1/s1. The van der Waals surface area contributed by atoms with Gasteiger partial charge in [0.1, 0.15) is 6.17 Å². The molecule has 2 aromatic carbocycles. The van der Waals surface area contributed by atoms with Crippen molar-refractivity contribution in [3.8, 4) is 11.1 Å². The number of hydrogen-bond donors (Lipinski definition) is 2. The first-order valence-electron chi connectivity index (χ1n) is 14.7. The lowest BCUT2D eigenvalue weighted by Crippen LogP contribution is -2.41. The average Bonchev–Trinajstić information content (AvgIpc) is 3.33. The van der Waals surface area contributed by atoms with Gasteiger partial charge < -0.3 is 10.4 Å². The Kier molecular flexibility index (Phi) is 10.3. The molecule has 9 heteroatoms. The van der Waals surface area contributed by atoms with Gasteiger partial charge in [-0.05, 0) is 78.6 Å². The van der Waals surface area contributed by atoms with Crippen LogP contribution in [0.2, 0.25) is 0 Å². The number of ketones is 1. The molecule has 1 aliphatic carbocycles. The van der Waals surface area contributed by atoms with Gasteiger partial charge in [0.2, 0.25) is 5.91 Å². The molecule has 4 atom stereocenters. The first-order chi connectivity index (χ1) is 20.3. The lowest BCUT2D eigenvalue weighted by molar-refractivity contribution is -0.138. The maximum absolute atomic E-state index is 15.3. The first kappa shape index (κ1) is 32.2. The average molecular weight is 597 g/mol. The molecule has 1 aliphatic heterocycles. The third-order valence-corrected chi connectivity index (χ3v) is 8.20. The summed E-state index contributed by atoms with van der Waals surface area (Å²) in [7, 11) is 0. The Morgan fingerprint density at radius 3 is 2.42 bits per heavy atom. The Labute approximate surface area is 250 Å². The van der Waals surface area contributed by atoms with Gasteiger partial charge in [-0.1, -0.05) is 44.2 Å². The van der Waals surface area contributed by atoms with E-state index < -0.39 is 54.0 Å². The number of alkyl halides is 1. The Bertz CT molecular complexity index is 1430. The molecule has 1 heterocycles. The van der Waals surface area contributed by atoms with E-state index in [0.29, 0.717) is 43.6 Å². The third-order valence-electron chi connectivity index (χ3n) is 8.20. The number of amides is 1. The van der Waals surface area contributed by atoms with Crippen LogP contribution in [-0.2, 0) is 14.4 Å². The number of nitrogens with one attached hydrogen (secondary N) is 1. The number of nitrogens with zero attached hydrogens (tertiary/aromatic N) is 1. The molecule has 1 amide bonds. The van der Waals surface area contributed by atoms with Crippen molar-refractivity contribution in [2.45, 2.75) is 59.2 Å². The largest absolute Gasteiger partial charge is 0.481 e. The molecule has 43 heavy (non-hydrogen) atoms. The highest BCUT2D eigenvalue weighted by Gasteiger charge is 2.36. The van der Waals surface area contributed by atoms with Gasteiger partial charge in [0, 0.05) is 25.2 Å². The van der Waals surface area contributed by atoms with E-state index in [-0.39, 0.29) is 17.3 Å². The zero-order chi connectivity index (χ0) is 31.4. The van der Waals surface area contributed by atoms with Crippen LogP contribution in [0.4, 0.5) is 13.2 Å². The molecule has 4 rings (SSSR count). The zero-order valence-corrected chi connectivity index (χ0v) is 25.0. The fraction of sp³-hybridized carbons (Fsp3) is 0.441. The van der Waals surface area contributed by atoms with Crippen LogP contribution in [0, 0.1) is 43.2 Å². The van der Waals surface area contributed by atoms with Crippen molar-refractivity contribution in [2.75, 3.05) is 19.6 Å². The van der Waals surface area contributed by atoms with Crippen LogP contribution in [0.3, 0.4) is 0 Å². The van der Waals surface area contributed by atoms with Crippen LogP contribution in [0.15, 0.2) is 54.1 Å². The molecule has 2 aliphatic rings. The highest BCUT2D eigenvalue weighted by molar-refractivity contribution is 5.98. The summed E-state index contributed by atoms with van der Waals surface area (Å²) >= 11 is 0. The molecule has 2 N–H and O–H groups in total. The second kappa shape index (κ2) is 13.7. The summed E-state index contributed by atoms with van der Waals surface area (Å²) in [5.74, 6) is -6.32. The van der Waals surface area contributed by atoms with E-state index >= 15 is 8.78 Å². The number of carbonyl (C=O) groups is 3. The van der Waals surface area contributed by atoms with Crippen LogP contribution in [0.25, 0.3) is 11.1 Å². The van der Waals surface area contributed by atoms with E-state index in [1.54, 1.807) is 12.2 Å². The molecule has 2 unspecified atom stereocenters. The second-order valence-electron chi connectivity index (χ2n) is 12.1. The van der Waals surface area contributed by atoms with Gasteiger partial charge in [-0.3, -0.25) is 19.3 Å². The summed E-state index contributed by atoms with van der Waals surface area (Å²) in [6.07, 6.45) is 4.00. The minimum absolute atomic E-state index is 0.00310. The molecule has 0 saturated carbocycles. The second-order valence-corrected chi connectivity index (χ2v) is 12.1. The van der Waals surface area contributed by atoms with Crippen molar-refractivity contribution in [2.24, 2.45) is 17.8 Å². The van der Waals surface area contributed by atoms with Crippen molar-refractivity contribution < 1.29 is 32.7 Å². The van der Waals surface area contributed by atoms with Gasteiger partial charge in [-0.2, -0.15) is 0 Å². The highest BCUT2D eigenvalue weighted by Crippen LogP contribution is 2.34. The van der Waals surface area contributed by atoms with Crippen molar-refractivity contribution in [1.29, 1.82) is 0 Å². The topological polar surface area (TPSA) is 86.7 Å². The molecular weight excluding hydrogens is 557 g/mol. The first-order valence-corrected chi connectivity index (χ1v) is 14.7. The molecular formula is C34H39F3N2O4. The predicted molar refractivity (Wildman–Crippen MR) is 159 cm³/mol. The summed E-state index contributed by atoms with van der Waals surface area (Å²) in [6, 6.07) is 6.60. The van der Waals surface area contributed by atoms with Gasteiger partial charge in [0.25, 0.3) is 0 Å². The molecule has 230 valence electrons. The lowest BCUT2D eigenvalue weighted by Gasteiger charge is -2.29. The summed E-state index contributed by atoms with van der Waals surface area (Å²) in [6.45, 7) is 8.82. The Morgan fingerprint density at radius 2 is 1.81 bits per heavy atom. The summed E-state index contributed by atoms with van der Waals surface area (Å²) in [4.78, 5) is 40.8. The summed E-state index contributed by atoms with van der Waals surface area (Å²) in [5.41, 5.74) is 3.22. The highest BCUT2D eigenvalue weighted by atomic mass is 19.2. The van der Waals surface area contributed by atoms with Crippen LogP contribution < -0.4 is 5.32 Å². The van der Waals surface area contributed by atoms with Crippen molar-refractivity contribution in [3.05, 3.63) is 82.5 Å². The number of rotatable bonds is 11. The molecule has 0 bridgehead atoms. The number of halogens is 3. The fourth-order valence-electron chi connectivity index (χ4n) is 6.17. The minimum atomic E-state index is -1.39. The number of carboxylic acid groups (broad SMARTS) is 1. The summed E-state index contributed by atoms with van der Waals surface area (Å²) < 4.78 is 44.1. The van der Waals surface area contributed by atoms with Gasteiger partial charge in [-0.25, -0.2) is 13.2 Å². The normalized spacial score (nSPS) is 20.3. The molecule has 0 radical (unpaired) electrons. The Morgan fingerprint density at radius 1 is 1.12 bits per heavy atom. The van der Waals surface area contributed by atoms with Gasteiger partial charge in [-0.15, -0.1) is 0 Å². The molecule has 6 nitrogen and oxygen atoms in total. The number of likely N-dealkylation sites (tertiary alicyclic amines) is 1. The van der Waals surface area contributed by atoms with E-state index in [1.807, 2.05) is 50.8 Å². The van der Waals surface area contributed by atoms with E-state index in [9.17, 15) is 23.9 Å².